The van der Waals surface area contributed by atoms with Gasteiger partial charge in [0, 0.05) is 17.2 Å². The Morgan fingerprint density at radius 2 is 2.10 bits per heavy atom. The number of thioether (sulfide) groups is 1. The Hall–Kier alpha value is -1.01. The molecule has 5 nitrogen and oxygen atoms in total. The molecule has 1 fully saturated rings. The highest BCUT2D eigenvalue weighted by Gasteiger charge is 2.34. The molecule has 0 aromatic rings. The third kappa shape index (κ3) is 3.55. The molecule has 1 aliphatic carbocycles. The Balaban J connectivity index is 1.76. The van der Waals surface area contributed by atoms with E-state index < -0.39 is 5.91 Å². The van der Waals surface area contributed by atoms with Gasteiger partial charge in [0.2, 0.25) is 5.91 Å². The lowest BCUT2D eigenvalue weighted by molar-refractivity contribution is -0.131. The van der Waals surface area contributed by atoms with Crippen LogP contribution in [0.15, 0.2) is 11.0 Å². The first kappa shape index (κ1) is 15.4. The minimum atomic E-state index is -0.469. The van der Waals surface area contributed by atoms with Crippen LogP contribution in [0.3, 0.4) is 0 Å². The van der Waals surface area contributed by atoms with Gasteiger partial charge in [-0.25, -0.2) is 5.48 Å². The van der Waals surface area contributed by atoms with Gasteiger partial charge in [-0.05, 0) is 19.3 Å². The molecule has 0 spiro atoms. The number of nitrogens with one attached hydrogen (secondary N) is 2. The van der Waals surface area contributed by atoms with Crippen molar-refractivity contribution >= 4 is 23.6 Å². The molecule has 20 heavy (non-hydrogen) atoms. The summed E-state index contributed by atoms with van der Waals surface area (Å²) in [6.07, 6.45) is 7.96. The summed E-state index contributed by atoms with van der Waals surface area (Å²) in [6, 6.07) is 0. The molecule has 1 saturated carbocycles. The molecule has 2 rings (SSSR count). The molecule has 0 aromatic carbocycles. The van der Waals surface area contributed by atoms with Crippen LogP contribution in [-0.2, 0) is 9.59 Å². The highest BCUT2D eigenvalue weighted by atomic mass is 32.2. The van der Waals surface area contributed by atoms with Crippen molar-refractivity contribution in [2.75, 3.05) is 6.54 Å². The van der Waals surface area contributed by atoms with Crippen LogP contribution >= 0.6 is 11.8 Å². The topological polar surface area (TPSA) is 78.4 Å². The third-order valence-corrected chi connectivity index (χ3v) is 5.48. The fraction of sp³-hybridized carbons (Fsp3) is 0.714. The van der Waals surface area contributed by atoms with E-state index in [1.165, 1.54) is 18.2 Å². The van der Waals surface area contributed by atoms with Crippen molar-refractivity contribution in [2.24, 2.45) is 5.41 Å². The molecule has 1 aliphatic heterocycles. The molecule has 3 N–H and O–H groups in total. The van der Waals surface area contributed by atoms with E-state index >= 15 is 0 Å². The number of rotatable bonds is 4. The Morgan fingerprint density at radius 3 is 2.75 bits per heavy atom. The van der Waals surface area contributed by atoms with Gasteiger partial charge < -0.3 is 5.32 Å². The van der Waals surface area contributed by atoms with E-state index in [4.69, 9.17) is 5.21 Å². The lowest BCUT2D eigenvalue weighted by Gasteiger charge is -2.32. The minimum Gasteiger partial charge on any atom is -0.354 e. The Kier molecular flexibility index (Phi) is 5.10. The Labute approximate surface area is 123 Å². The second kappa shape index (κ2) is 6.63. The summed E-state index contributed by atoms with van der Waals surface area (Å²) in [5.74, 6) is -0.332. The number of amides is 2. The monoisotopic (exact) mass is 298 g/mol. The summed E-state index contributed by atoms with van der Waals surface area (Å²) >= 11 is 1.41. The fourth-order valence-electron chi connectivity index (χ4n) is 2.82. The zero-order valence-corrected chi connectivity index (χ0v) is 12.6. The van der Waals surface area contributed by atoms with Gasteiger partial charge in [0.05, 0.1) is 4.91 Å². The van der Waals surface area contributed by atoms with Gasteiger partial charge in [-0.1, -0.05) is 32.3 Å². The zero-order valence-electron chi connectivity index (χ0n) is 11.8. The van der Waals surface area contributed by atoms with E-state index in [1.54, 1.807) is 11.6 Å². The zero-order chi connectivity index (χ0) is 14.6. The summed E-state index contributed by atoms with van der Waals surface area (Å²) in [5, 5.41) is 11.8. The number of carbonyl (C=O) groups is 2. The maximum atomic E-state index is 12.3. The maximum absolute atomic E-state index is 12.3. The SMILES string of the molecule is CC1(C(=O)NCC2CC=C(C(=O)NO)S2)CCCCC1. The molecule has 1 heterocycles. The van der Waals surface area contributed by atoms with Crippen LogP contribution in [0.25, 0.3) is 0 Å². The average molecular weight is 298 g/mol. The first-order valence-electron chi connectivity index (χ1n) is 7.15. The summed E-state index contributed by atoms with van der Waals surface area (Å²) in [4.78, 5) is 24.1. The lowest BCUT2D eigenvalue weighted by atomic mass is 9.75. The van der Waals surface area contributed by atoms with E-state index in [9.17, 15) is 9.59 Å². The minimum absolute atomic E-state index is 0.137. The first-order chi connectivity index (χ1) is 9.55. The largest absolute Gasteiger partial charge is 0.354 e. The second-order valence-corrected chi connectivity index (χ2v) is 7.16. The predicted molar refractivity (Wildman–Crippen MR) is 78.2 cm³/mol. The highest BCUT2D eigenvalue weighted by Crippen LogP contribution is 2.36. The summed E-state index contributed by atoms with van der Waals surface area (Å²) < 4.78 is 0. The first-order valence-corrected chi connectivity index (χ1v) is 8.03. The van der Waals surface area contributed by atoms with Crippen molar-refractivity contribution in [3.63, 3.8) is 0 Å². The molecule has 0 saturated heterocycles. The third-order valence-electron chi connectivity index (χ3n) is 4.18. The molecule has 0 radical (unpaired) electrons. The molecule has 2 amide bonds. The van der Waals surface area contributed by atoms with E-state index in [0.29, 0.717) is 11.4 Å². The molecule has 1 atom stereocenters. The molecule has 6 heteroatoms. The standard InChI is InChI=1S/C14H22N2O3S/c1-14(7-3-2-4-8-14)13(18)15-9-10-5-6-11(20-10)12(17)16-19/h6,10,19H,2-5,7-9H2,1H3,(H,15,18)(H,16,17). The van der Waals surface area contributed by atoms with E-state index in [1.807, 2.05) is 6.92 Å². The van der Waals surface area contributed by atoms with Crippen molar-refractivity contribution in [1.82, 2.24) is 10.8 Å². The van der Waals surface area contributed by atoms with Crippen LogP contribution in [0.1, 0.15) is 45.4 Å². The van der Waals surface area contributed by atoms with Gasteiger partial charge in [0.25, 0.3) is 5.91 Å². The molecular weight excluding hydrogens is 276 g/mol. The number of allylic oxidation sites excluding steroid dienone is 1. The van der Waals surface area contributed by atoms with Crippen molar-refractivity contribution < 1.29 is 14.8 Å². The van der Waals surface area contributed by atoms with Crippen LogP contribution < -0.4 is 10.8 Å². The van der Waals surface area contributed by atoms with Gasteiger partial charge in [-0.15, -0.1) is 11.8 Å². The Morgan fingerprint density at radius 1 is 1.40 bits per heavy atom. The summed E-state index contributed by atoms with van der Waals surface area (Å²) in [5.41, 5.74) is 1.41. The Bertz CT molecular complexity index is 417. The second-order valence-electron chi connectivity index (χ2n) is 5.82. The van der Waals surface area contributed by atoms with Gasteiger partial charge in [-0.2, -0.15) is 0 Å². The average Bonchev–Trinajstić information content (AvgIpc) is 2.93. The normalized spacial score (nSPS) is 24.9. The molecular formula is C14H22N2O3S. The molecule has 0 bridgehead atoms. The van der Waals surface area contributed by atoms with Crippen LogP contribution in [0, 0.1) is 5.41 Å². The van der Waals surface area contributed by atoms with Crippen molar-refractivity contribution in [3.8, 4) is 0 Å². The number of hydroxylamine groups is 1. The van der Waals surface area contributed by atoms with E-state index in [-0.39, 0.29) is 16.6 Å². The van der Waals surface area contributed by atoms with Gasteiger partial charge in [0.15, 0.2) is 0 Å². The van der Waals surface area contributed by atoms with Gasteiger partial charge in [0.1, 0.15) is 0 Å². The van der Waals surface area contributed by atoms with Crippen LogP contribution in [0.2, 0.25) is 0 Å². The fourth-order valence-corrected chi connectivity index (χ4v) is 3.88. The van der Waals surface area contributed by atoms with E-state index in [0.717, 1.165) is 32.1 Å². The molecule has 2 aliphatic rings. The maximum Gasteiger partial charge on any atom is 0.280 e. The summed E-state index contributed by atoms with van der Waals surface area (Å²) in [6.45, 7) is 2.62. The van der Waals surface area contributed by atoms with Crippen LogP contribution in [0.5, 0.6) is 0 Å². The van der Waals surface area contributed by atoms with E-state index in [2.05, 4.69) is 5.32 Å². The van der Waals surface area contributed by atoms with Crippen LogP contribution in [0.4, 0.5) is 0 Å². The smallest absolute Gasteiger partial charge is 0.280 e. The van der Waals surface area contributed by atoms with Crippen molar-refractivity contribution in [3.05, 3.63) is 11.0 Å². The molecule has 0 aromatic heterocycles. The number of hydrogen-bond donors (Lipinski definition) is 3. The predicted octanol–water partition coefficient (Wildman–Crippen LogP) is 1.97. The number of carbonyl (C=O) groups excluding carboxylic acids is 2. The van der Waals surface area contributed by atoms with Gasteiger partial charge >= 0.3 is 0 Å². The lowest BCUT2D eigenvalue weighted by Crippen LogP contribution is -2.42. The molecule has 112 valence electrons. The molecule has 1 unspecified atom stereocenters. The number of hydrogen-bond acceptors (Lipinski definition) is 4. The summed E-state index contributed by atoms with van der Waals surface area (Å²) in [7, 11) is 0. The quantitative estimate of drug-likeness (QED) is 0.548. The van der Waals surface area contributed by atoms with Crippen molar-refractivity contribution in [2.45, 2.75) is 50.7 Å². The van der Waals surface area contributed by atoms with Crippen molar-refractivity contribution in [1.29, 1.82) is 0 Å². The highest BCUT2D eigenvalue weighted by molar-refractivity contribution is 8.04. The van der Waals surface area contributed by atoms with Crippen LogP contribution in [-0.4, -0.2) is 28.8 Å². The van der Waals surface area contributed by atoms with Gasteiger partial charge in [-0.3, -0.25) is 14.8 Å².